The summed E-state index contributed by atoms with van der Waals surface area (Å²) in [5, 5.41) is 5.87. The van der Waals surface area contributed by atoms with Gasteiger partial charge in [0, 0.05) is 31.5 Å². The molecular weight excluding hydrogens is 230 g/mol. The zero-order chi connectivity index (χ0) is 12.8. The molecule has 0 bridgehead atoms. The molecular formula is C12H19N5O. The molecule has 1 amide bonds. The predicted molar refractivity (Wildman–Crippen MR) is 69.3 cm³/mol. The number of nitrogens with zero attached hydrogens (tertiary/aromatic N) is 3. The van der Waals surface area contributed by atoms with E-state index in [0.717, 1.165) is 31.9 Å². The SMILES string of the molecule is CNCC(=O)NC1CCCN(c2ncccn2)C1. The molecule has 6 heteroatoms. The Hall–Kier alpha value is -1.69. The highest BCUT2D eigenvalue weighted by molar-refractivity contribution is 5.78. The Morgan fingerprint density at radius 1 is 1.50 bits per heavy atom. The molecule has 2 heterocycles. The van der Waals surface area contributed by atoms with E-state index in [1.54, 1.807) is 25.5 Å². The standard InChI is InChI=1S/C12H19N5O/c1-13-8-11(18)16-10-4-2-7-17(9-10)12-14-5-3-6-15-12/h3,5-6,10,13H,2,4,7-9H2,1H3,(H,16,18). The topological polar surface area (TPSA) is 70.2 Å². The number of aromatic nitrogens is 2. The van der Waals surface area contributed by atoms with Gasteiger partial charge in [0.15, 0.2) is 0 Å². The van der Waals surface area contributed by atoms with Crippen molar-refractivity contribution in [1.29, 1.82) is 0 Å². The van der Waals surface area contributed by atoms with Crippen molar-refractivity contribution in [3.63, 3.8) is 0 Å². The Morgan fingerprint density at radius 2 is 2.28 bits per heavy atom. The van der Waals surface area contributed by atoms with Gasteiger partial charge in [-0.3, -0.25) is 4.79 Å². The second-order valence-corrected chi connectivity index (χ2v) is 4.43. The van der Waals surface area contributed by atoms with Crippen molar-refractivity contribution >= 4 is 11.9 Å². The maximum absolute atomic E-state index is 11.5. The first-order valence-corrected chi connectivity index (χ1v) is 6.25. The summed E-state index contributed by atoms with van der Waals surface area (Å²) in [7, 11) is 1.77. The molecule has 1 atom stereocenters. The molecule has 1 aromatic rings. The summed E-state index contributed by atoms with van der Waals surface area (Å²) in [6, 6.07) is 1.99. The van der Waals surface area contributed by atoms with Gasteiger partial charge in [-0.1, -0.05) is 0 Å². The van der Waals surface area contributed by atoms with Crippen LogP contribution in [0.5, 0.6) is 0 Å². The van der Waals surface area contributed by atoms with Crippen LogP contribution in [0.4, 0.5) is 5.95 Å². The third-order valence-electron chi connectivity index (χ3n) is 2.96. The summed E-state index contributed by atoms with van der Waals surface area (Å²) in [6.07, 6.45) is 5.54. The second-order valence-electron chi connectivity index (χ2n) is 4.43. The molecule has 98 valence electrons. The van der Waals surface area contributed by atoms with Crippen LogP contribution < -0.4 is 15.5 Å². The fraction of sp³-hybridized carbons (Fsp3) is 0.583. The first-order valence-electron chi connectivity index (χ1n) is 6.25. The van der Waals surface area contributed by atoms with E-state index < -0.39 is 0 Å². The first-order chi connectivity index (χ1) is 8.79. The smallest absolute Gasteiger partial charge is 0.234 e. The number of hydrogen-bond acceptors (Lipinski definition) is 5. The fourth-order valence-electron chi connectivity index (χ4n) is 2.17. The summed E-state index contributed by atoms with van der Waals surface area (Å²) < 4.78 is 0. The number of nitrogens with one attached hydrogen (secondary N) is 2. The van der Waals surface area contributed by atoms with Gasteiger partial charge in [0.05, 0.1) is 6.54 Å². The van der Waals surface area contributed by atoms with Crippen LogP contribution in [0.3, 0.4) is 0 Å². The van der Waals surface area contributed by atoms with Crippen molar-refractivity contribution in [2.45, 2.75) is 18.9 Å². The van der Waals surface area contributed by atoms with Crippen molar-refractivity contribution in [2.24, 2.45) is 0 Å². The Labute approximate surface area is 107 Å². The first kappa shape index (κ1) is 12.8. The monoisotopic (exact) mass is 249 g/mol. The van der Waals surface area contributed by atoms with Gasteiger partial charge in [0.2, 0.25) is 11.9 Å². The maximum atomic E-state index is 11.5. The Bertz CT molecular complexity index is 383. The van der Waals surface area contributed by atoms with Gasteiger partial charge in [-0.05, 0) is 26.0 Å². The number of carbonyl (C=O) groups is 1. The van der Waals surface area contributed by atoms with Crippen molar-refractivity contribution in [2.75, 3.05) is 31.6 Å². The lowest BCUT2D eigenvalue weighted by Crippen LogP contribution is -2.49. The van der Waals surface area contributed by atoms with Gasteiger partial charge < -0.3 is 15.5 Å². The third-order valence-corrected chi connectivity index (χ3v) is 2.96. The summed E-state index contributed by atoms with van der Waals surface area (Å²) in [6.45, 7) is 2.08. The van der Waals surface area contributed by atoms with Crippen LogP contribution in [-0.4, -0.2) is 48.6 Å². The highest BCUT2D eigenvalue weighted by atomic mass is 16.1. The van der Waals surface area contributed by atoms with E-state index in [1.807, 2.05) is 0 Å². The summed E-state index contributed by atoms with van der Waals surface area (Å²) >= 11 is 0. The van der Waals surface area contributed by atoms with E-state index in [9.17, 15) is 4.79 Å². The van der Waals surface area contributed by atoms with Crippen LogP contribution in [-0.2, 0) is 4.79 Å². The highest BCUT2D eigenvalue weighted by Crippen LogP contribution is 2.14. The average Bonchev–Trinajstić information content (AvgIpc) is 2.40. The number of anilines is 1. The molecule has 2 N–H and O–H groups in total. The Kier molecular flexibility index (Phi) is 4.46. The van der Waals surface area contributed by atoms with Crippen LogP contribution in [0, 0.1) is 0 Å². The molecule has 1 aliphatic rings. The van der Waals surface area contributed by atoms with Crippen molar-refractivity contribution in [3.8, 4) is 0 Å². The minimum atomic E-state index is 0.0401. The minimum Gasteiger partial charge on any atom is -0.350 e. The summed E-state index contributed by atoms with van der Waals surface area (Å²) in [5.74, 6) is 0.781. The predicted octanol–water partition coefficient (Wildman–Crippen LogP) is -0.219. The Morgan fingerprint density at radius 3 is 3.00 bits per heavy atom. The van der Waals surface area contributed by atoms with Gasteiger partial charge in [-0.15, -0.1) is 0 Å². The van der Waals surface area contributed by atoms with Gasteiger partial charge in [0.1, 0.15) is 0 Å². The molecule has 2 rings (SSSR count). The van der Waals surface area contributed by atoms with Gasteiger partial charge in [-0.25, -0.2) is 9.97 Å². The van der Waals surface area contributed by atoms with Gasteiger partial charge in [0.25, 0.3) is 0 Å². The molecule has 0 radical (unpaired) electrons. The number of carbonyl (C=O) groups excluding carboxylic acids is 1. The zero-order valence-electron chi connectivity index (χ0n) is 10.6. The largest absolute Gasteiger partial charge is 0.350 e. The molecule has 0 spiro atoms. The third kappa shape index (κ3) is 3.40. The number of likely N-dealkylation sites (N-methyl/N-ethyl adjacent to an activating group) is 1. The van der Waals surface area contributed by atoms with Crippen LogP contribution in [0.1, 0.15) is 12.8 Å². The number of piperidine rings is 1. The van der Waals surface area contributed by atoms with Gasteiger partial charge >= 0.3 is 0 Å². The molecule has 1 saturated heterocycles. The average molecular weight is 249 g/mol. The van der Waals surface area contributed by atoms with Gasteiger partial charge in [-0.2, -0.15) is 0 Å². The zero-order valence-corrected chi connectivity index (χ0v) is 10.6. The molecule has 6 nitrogen and oxygen atoms in total. The summed E-state index contributed by atoms with van der Waals surface area (Å²) in [5.41, 5.74) is 0. The minimum absolute atomic E-state index is 0.0401. The molecule has 1 aromatic heterocycles. The fourth-order valence-corrected chi connectivity index (χ4v) is 2.17. The van der Waals surface area contributed by atoms with Crippen molar-refractivity contribution < 1.29 is 4.79 Å². The van der Waals surface area contributed by atoms with E-state index >= 15 is 0 Å². The molecule has 0 aliphatic carbocycles. The normalized spacial score (nSPS) is 19.6. The van der Waals surface area contributed by atoms with E-state index in [-0.39, 0.29) is 11.9 Å². The van der Waals surface area contributed by atoms with Crippen LogP contribution in [0.15, 0.2) is 18.5 Å². The van der Waals surface area contributed by atoms with Crippen molar-refractivity contribution in [3.05, 3.63) is 18.5 Å². The lowest BCUT2D eigenvalue weighted by atomic mass is 10.1. The van der Waals surface area contributed by atoms with Crippen LogP contribution in [0.25, 0.3) is 0 Å². The van der Waals surface area contributed by atoms with E-state index in [1.165, 1.54) is 0 Å². The highest BCUT2D eigenvalue weighted by Gasteiger charge is 2.22. The molecule has 1 aliphatic heterocycles. The van der Waals surface area contributed by atoms with E-state index in [4.69, 9.17) is 0 Å². The van der Waals surface area contributed by atoms with E-state index in [0.29, 0.717) is 6.54 Å². The Balaban J connectivity index is 1.91. The summed E-state index contributed by atoms with van der Waals surface area (Å²) in [4.78, 5) is 22.1. The number of hydrogen-bond donors (Lipinski definition) is 2. The molecule has 1 fully saturated rings. The lowest BCUT2D eigenvalue weighted by molar-refractivity contribution is -0.120. The van der Waals surface area contributed by atoms with Crippen LogP contribution >= 0.6 is 0 Å². The maximum Gasteiger partial charge on any atom is 0.234 e. The van der Waals surface area contributed by atoms with Crippen LogP contribution in [0.2, 0.25) is 0 Å². The number of amides is 1. The quantitative estimate of drug-likeness (QED) is 0.772. The molecule has 0 aromatic carbocycles. The second kappa shape index (κ2) is 6.30. The van der Waals surface area contributed by atoms with Crippen molar-refractivity contribution in [1.82, 2.24) is 20.6 Å². The number of rotatable bonds is 4. The molecule has 1 unspecified atom stereocenters. The molecule has 18 heavy (non-hydrogen) atoms. The molecule has 0 saturated carbocycles. The lowest BCUT2D eigenvalue weighted by Gasteiger charge is -2.33. The van der Waals surface area contributed by atoms with E-state index in [2.05, 4.69) is 25.5 Å².